The lowest BCUT2D eigenvalue weighted by atomic mass is 9.90. The van der Waals surface area contributed by atoms with Gasteiger partial charge in [0.25, 0.3) is 0 Å². The predicted molar refractivity (Wildman–Crippen MR) is 232 cm³/mol. The number of carbonyl (C=O) groups excluding carboxylic acids is 6. The van der Waals surface area contributed by atoms with Crippen molar-refractivity contribution >= 4 is 41.8 Å². The van der Waals surface area contributed by atoms with E-state index >= 15 is 0 Å². The van der Waals surface area contributed by atoms with Crippen molar-refractivity contribution in [3.05, 3.63) is 53.1 Å². The summed E-state index contributed by atoms with van der Waals surface area (Å²) in [5.41, 5.74) is -0.293. The Morgan fingerprint density at radius 3 is 2.37 bits per heavy atom. The molecule has 4 aliphatic rings. The number of cyclic esters (lactones) is 1. The summed E-state index contributed by atoms with van der Waals surface area (Å²) in [6.45, 7) is 13.2. The molecule has 1 aromatic rings. The number of esters is 4. The second-order valence-corrected chi connectivity index (χ2v) is 18.9. The minimum absolute atomic E-state index is 0.0000752. The predicted octanol–water partition coefficient (Wildman–Crippen LogP) is 6.28. The molecule has 0 bridgehead atoms. The van der Waals surface area contributed by atoms with Gasteiger partial charge in [0, 0.05) is 49.3 Å². The summed E-state index contributed by atoms with van der Waals surface area (Å²) in [5.74, 6) is -4.19. The molecule has 0 spiro atoms. The summed E-state index contributed by atoms with van der Waals surface area (Å²) in [6, 6.07) is 4.97. The maximum absolute atomic E-state index is 14.5. The van der Waals surface area contributed by atoms with Crippen LogP contribution in [-0.4, -0.2) is 113 Å². The van der Waals surface area contributed by atoms with Crippen molar-refractivity contribution in [3.63, 3.8) is 0 Å². The highest BCUT2D eigenvalue weighted by Gasteiger charge is 2.53. The first-order valence-electron chi connectivity index (χ1n) is 22.7. The number of fused-ring (bicyclic) bond motifs is 1. The molecule has 6 atom stereocenters. The van der Waals surface area contributed by atoms with Crippen molar-refractivity contribution in [1.29, 1.82) is 0 Å². The summed E-state index contributed by atoms with van der Waals surface area (Å²) in [6.07, 6.45) is 9.23. The third-order valence-corrected chi connectivity index (χ3v) is 11.8. The van der Waals surface area contributed by atoms with Crippen molar-refractivity contribution < 1.29 is 62.3 Å². The minimum Gasteiger partial charge on any atom is -0.462 e. The number of aliphatic hydroxyl groups excluding tert-OH is 1. The van der Waals surface area contributed by atoms with E-state index in [1.54, 1.807) is 65.0 Å². The van der Waals surface area contributed by atoms with Gasteiger partial charge in [0.15, 0.2) is 5.79 Å². The lowest BCUT2D eigenvalue weighted by molar-refractivity contribution is -0.190. The Bertz CT molecular complexity index is 1860. The molecule has 6 unspecified atom stereocenters. The number of amides is 2. The summed E-state index contributed by atoms with van der Waals surface area (Å²) in [7, 11) is 0. The van der Waals surface area contributed by atoms with Crippen LogP contribution in [0.25, 0.3) is 6.08 Å². The van der Waals surface area contributed by atoms with E-state index in [9.17, 15) is 33.9 Å². The van der Waals surface area contributed by atoms with Gasteiger partial charge in [0.05, 0.1) is 18.2 Å². The van der Waals surface area contributed by atoms with Crippen molar-refractivity contribution in [1.82, 2.24) is 10.2 Å². The lowest BCUT2D eigenvalue weighted by Gasteiger charge is -2.33. The van der Waals surface area contributed by atoms with E-state index in [-0.39, 0.29) is 37.3 Å². The molecule has 15 nitrogen and oxygen atoms in total. The Kier molecular flexibility index (Phi) is 17.1. The van der Waals surface area contributed by atoms with E-state index in [1.165, 1.54) is 17.1 Å². The van der Waals surface area contributed by atoms with Gasteiger partial charge in [0.2, 0.25) is 17.9 Å². The Morgan fingerprint density at radius 1 is 1.02 bits per heavy atom. The molecule has 15 heteroatoms. The standard InChI is InChI=1S/C48H68N2O13/c1-8-10-12-23-48(24-13-11-9-2)61-37-28-33(43(55)50-25-15-18-35(50)42(54)49-34(29-51)20-22-39(53)62-46(3,4)5)27-36(40(37)63-48)59-44(56)32-17-14-16-31(26-32)19-21-38(52)60-41-45(57)58-30-47(41,6)7/h14,16-17,19,21,26,28,34-37,40-41,51H,8-13,15,18,20,22-25,27,29-30H2,1-7H3,(H,49,54). The molecule has 63 heavy (non-hydrogen) atoms. The average Bonchev–Trinajstić information content (AvgIpc) is 3.94. The summed E-state index contributed by atoms with van der Waals surface area (Å²) in [4.78, 5) is 80.8. The lowest BCUT2D eigenvalue weighted by Crippen LogP contribution is -2.51. The van der Waals surface area contributed by atoms with Crippen molar-refractivity contribution in [2.75, 3.05) is 19.8 Å². The normalized spacial score (nSPS) is 24.3. The molecule has 0 aromatic heterocycles. The van der Waals surface area contributed by atoms with Crippen LogP contribution in [-0.2, 0) is 52.4 Å². The van der Waals surface area contributed by atoms with E-state index in [2.05, 4.69) is 19.2 Å². The van der Waals surface area contributed by atoms with Gasteiger partial charge in [0.1, 0.15) is 36.6 Å². The SMILES string of the molecule is CCCCCC1(CCCCC)OC2C=C(C(=O)N3CCCC3C(=O)NC(CO)CCC(=O)OC(C)(C)C)CC(OC(=O)c3cccc(C=CC(=O)OC4C(=O)OCC4(C)C)c3)C2O1. The highest BCUT2D eigenvalue weighted by atomic mass is 16.8. The number of carbonyl (C=O) groups is 6. The van der Waals surface area contributed by atoms with Gasteiger partial charge >= 0.3 is 23.9 Å². The zero-order chi connectivity index (χ0) is 46.0. The van der Waals surface area contributed by atoms with Gasteiger partial charge in [-0.3, -0.25) is 14.4 Å². The number of rotatable bonds is 20. The molecule has 5 rings (SSSR count). The third-order valence-electron chi connectivity index (χ3n) is 11.8. The van der Waals surface area contributed by atoms with E-state index < -0.39 is 89.7 Å². The van der Waals surface area contributed by atoms with Crippen LogP contribution in [0.1, 0.15) is 148 Å². The largest absolute Gasteiger partial charge is 0.462 e. The molecule has 1 aliphatic carbocycles. The van der Waals surface area contributed by atoms with Crippen LogP contribution in [0.2, 0.25) is 0 Å². The second-order valence-electron chi connectivity index (χ2n) is 18.9. The van der Waals surface area contributed by atoms with Crippen LogP contribution in [0.15, 0.2) is 42.0 Å². The fourth-order valence-corrected chi connectivity index (χ4v) is 8.48. The zero-order valence-corrected chi connectivity index (χ0v) is 38.1. The number of ether oxygens (including phenoxy) is 6. The van der Waals surface area contributed by atoms with Crippen LogP contribution >= 0.6 is 0 Å². The maximum atomic E-state index is 14.5. The van der Waals surface area contributed by atoms with Gasteiger partial charge in [-0.15, -0.1) is 0 Å². The first-order chi connectivity index (χ1) is 29.9. The molecule has 3 aliphatic heterocycles. The summed E-state index contributed by atoms with van der Waals surface area (Å²) >= 11 is 0. The number of hydrogen-bond donors (Lipinski definition) is 2. The number of benzene rings is 1. The van der Waals surface area contributed by atoms with Crippen LogP contribution in [0.4, 0.5) is 0 Å². The second kappa shape index (κ2) is 21.9. The number of likely N-dealkylation sites (tertiary alicyclic amines) is 1. The highest BCUT2D eigenvalue weighted by molar-refractivity contribution is 5.98. The fraction of sp³-hybridized carbons (Fsp3) is 0.667. The van der Waals surface area contributed by atoms with Gasteiger partial charge in [-0.05, 0) is 82.7 Å². The van der Waals surface area contributed by atoms with Gasteiger partial charge in [-0.25, -0.2) is 14.4 Å². The molecule has 0 saturated carbocycles. The van der Waals surface area contributed by atoms with E-state index in [0.29, 0.717) is 43.4 Å². The van der Waals surface area contributed by atoms with Crippen LogP contribution < -0.4 is 5.32 Å². The Hall–Kier alpha value is -4.60. The van der Waals surface area contributed by atoms with E-state index in [1.807, 2.05) is 0 Å². The molecule has 2 N–H and O–H groups in total. The molecular weight excluding hydrogens is 813 g/mol. The van der Waals surface area contributed by atoms with Crippen LogP contribution in [0.3, 0.4) is 0 Å². The molecule has 3 fully saturated rings. The van der Waals surface area contributed by atoms with Gasteiger partial charge < -0.3 is 43.7 Å². The smallest absolute Gasteiger partial charge is 0.348 e. The van der Waals surface area contributed by atoms with Gasteiger partial charge in [-0.1, -0.05) is 65.5 Å². The van der Waals surface area contributed by atoms with E-state index in [0.717, 1.165) is 38.5 Å². The van der Waals surface area contributed by atoms with Crippen molar-refractivity contribution in [2.24, 2.45) is 5.41 Å². The monoisotopic (exact) mass is 880 g/mol. The number of aliphatic hydroxyl groups is 1. The molecule has 2 amide bonds. The highest BCUT2D eigenvalue weighted by Crippen LogP contribution is 2.44. The summed E-state index contributed by atoms with van der Waals surface area (Å²) in [5, 5.41) is 12.9. The first kappa shape index (κ1) is 49.4. The minimum atomic E-state index is -1.03. The summed E-state index contributed by atoms with van der Waals surface area (Å²) < 4.78 is 35.7. The molecular formula is C48H68N2O13. The van der Waals surface area contributed by atoms with Gasteiger partial charge in [-0.2, -0.15) is 0 Å². The van der Waals surface area contributed by atoms with Crippen molar-refractivity contribution in [3.8, 4) is 0 Å². The van der Waals surface area contributed by atoms with E-state index in [4.69, 9.17) is 28.4 Å². The Balaban J connectivity index is 1.33. The quantitative estimate of drug-likeness (QED) is 0.0644. The molecule has 3 heterocycles. The third kappa shape index (κ3) is 13.5. The van der Waals surface area contributed by atoms with Crippen LogP contribution in [0.5, 0.6) is 0 Å². The molecule has 3 saturated heterocycles. The van der Waals surface area contributed by atoms with Crippen molar-refractivity contribution in [2.45, 2.75) is 180 Å². The number of nitrogens with one attached hydrogen (secondary N) is 1. The Morgan fingerprint density at radius 2 is 1.73 bits per heavy atom. The topological polar surface area (TPSA) is 193 Å². The maximum Gasteiger partial charge on any atom is 0.348 e. The fourth-order valence-electron chi connectivity index (χ4n) is 8.48. The average molecular weight is 881 g/mol. The number of unbranched alkanes of at least 4 members (excludes halogenated alkanes) is 4. The Labute approximate surface area is 371 Å². The molecule has 1 aromatic carbocycles. The number of hydrogen-bond acceptors (Lipinski definition) is 13. The van der Waals surface area contributed by atoms with Crippen LogP contribution in [0, 0.1) is 5.41 Å². The zero-order valence-electron chi connectivity index (χ0n) is 38.1. The molecule has 348 valence electrons. The first-order valence-corrected chi connectivity index (χ1v) is 22.7. The molecule has 0 radical (unpaired) electrons. The number of nitrogens with zero attached hydrogens (tertiary/aromatic N) is 1.